The van der Waals surface area contributed by atoms with Gasteiger partial charge in [-0.2, -0.15) is 0 Å². The molecule has 0 atom stereocenters. The molecule has 1 amide bonds. The number of amides is 1. The topological polar surface area (TPSA) is 90.6 Å². The van der Waals surface area contributed by atoms with Crippen molar-refractivity contribution in [3.63, 3.8) is 0 Å². The lowest BCUT2D eigenvalue weighted by Crippen LogP contribution is -2.24. The smallest absolute Gasteiger partial charge is 0.231 e. The molecule has 10 heteroatoms. The van der Waals surface area contributed by atoms with Crippen molar-refractivity contribution in [2.45, 2.75) is 44.3 Å². The van der Waals surface area contributed by atoms with E-state index in [1.54, 1.807) is 11.3 Å². The van der Waals surface area contributed by atoms with Crippen molar-refractivity contribution in [2.75, 3.05) is 12.5 Å². The summed E-state index contributed by atoms with van der Waals surface area (Å²) in [6.07, 6.45) is 4.65. The minimum absolute atomic E-state index is 0.0657. The van der Waals surface area contributed by atoms with Crippen molar-refractivity contribution in [1.82, 2.24) is 24.9 Å². The second-order valence-electron chi connectivity index (χ2n) is 7.94. The molecule has 0 unspecified atom stereocenters. The monoisotopic (exact) mass is 467 g/mol. The van der Waals surface area contributed by atoms with Gasteiger partial charge in [-0.3, -0.25) is 9.20 Å². The molecule has 3 aromatic heterocycles. The Labute approximate surface area is 192 Å². The Kier molecular flexibility index (Phi) is 4.91. The number of hydrogen-bond acceptors (Lipinski definition) is 8. The highest BCUT2D eigenvalue weighted by molar-refractivity contribution is 7.99. The summed E-state index contributed by atoms with van der Waals surface area (Å²) in [6, 6.07) is 5.68. The van der Waals surface area contributed by atoms with Crippen LogP contribution in [0.4, 0.5) is 0 Å². The standard InChI is InChI=1S/C22H21N5O3S2/c1-12-24-21-19(14-4-2-3-5-17(14)32-21)20-25-26-22(27(12)20)31-10-18(28)23-9-13-6-7-15-16(8-13)30-11-29-15/h6-8H,2-5,9-11H2,1H3,(H,23,28). The molecular formula is C22H21N5O3S2. The molecule has 32 heavy (non-hydrogen) atoms. The molecule has 8 nitrogen and oxygen atoms in total. The van der Waals surface area contributed by atoms with Gasteiger partial charge in [-0.25, -0.2) is 4.98 Å². The lowest BCUT2D eigenvalue weighted by Gasteiger charge is -2.10. The number of nitrogens with zero attached hydrogens (tertiary/aromatic N) is 4. The number of carbonyl (C=O) groups excluding carboxylic acids is 1. The van der Waals surface area contributed by atoms with Crippen LogP contribution in [0.5, 0.6) is 11.5 Å². The molecule has 0 saturated carbocycles. The zero-order valence-corrected chi connectivity index (χ0v) is 19.1. The number of aromatic nitrogens is 4. The summed E-state index contributed by atoms with van der Waals surface area (Å²) in [5.74, 6) is 2.48. The first-order valence-corrected chi connectivity index (χ1v) is 12.4. The number of fused-ring (bicyclic) bond motifs is 6. The second kappa shape index (κ2) is 7.93. The normalized spacial score (nSPS) is 14.8. The minimum Gasteiger partial charge on any atom is -0.454 e. The number of nitrogens with one attached hydrogen (secondary N) is 1. The number of thioether (sulfide) groups is 1. The first-order valence-electron chi connectivity index (χ1n) is 10.6. The third kappa shape index (κ3) is 3.38. The van der Waals surface area contributed by atoms with E-state index in [-0.39, 0.29) is 18.5 Å². The summed E-state index contributed by atoms with van der Waals surface area (Å²) in [7, 11) is 0. The van der Waals surface area contributed by atoms with E-state index in [4.69, 9.17) is 14.5 Å². The first kappa shape index (κ1) is 19.8. The van der Waals surface area contributed by atoms with Gasteiger partial charge in [-0.15, -0.1) is 21.5 Å². The van der Waals surface area contributed by atoms with Crippen LogP contribution >= 0.6 is 23.1 Å². The summed E-state index contributed by atoms with van der Waals surface area (Å²) >= 11 is 3.17. The quantitative estimate of drug-likeness (QED) is 0.448. The fourth-order valence-electron chi connectivity index (χ4n) is 4.31. The molecular weight excluding hydrogens is 446 g/mol. The lowest BCUT2D eigenvalue weighted by atomic mass is 9.97. The minimum atomic E-state index is -0.0657. The number of benzene rings is 1. The molecule has 4 aromatic rings. The largest absolute Gasteiger partial charge is 0.454 e. The maximum Gasteiger partial charge on any atom is 0.231 e. The van der Waals surface area contributed by atoms with Crippen molar-refractivity contribution >= 4 is 44.9 Å². The van der Waals surface area contributed by atoms with E-state index in [9.17, 15) is 4.79 Å². The van der Waals surface area contributed by atoms with E-state index >= 15 is 0 Å². The van der Waals surface area contributed by atoms with Crippen molar-refractivity contribution in [3.8, 4) is 11.5 Å². The molecule has 164 valence electrons. The molecule has 0 fully saturated rings. The summed E-state index contributed by atoms with van der Waals surface area (Å²) in [4.78, 5) is 19.8. The van der Waals surface area contributed by atoms with Crippen LogP contribution in [0, 0.1) is 6.92 Å². The van der Waals surface area contributed by atoms with Gasteiger partial charge in [0, 0.05) is 11.4 Å². The molecule has 1 aliphatic heterocycles. The number of aryl methyl sites for hydroxylation is 3. The molecule has 0 bridgehead atoms. The number of thiophene rings is 1. The van der Waals surface area contributed by atoms with Crippen molar-refractivity contribution in [2.24, 2.45) is 0 Å². The van der Waals surface area contributed by atoms with Crippen LogP contribution in [0.3, 0.4) is 0 Å². The molecule has 0 radical (unpaired) electrons. The molecule has 2 aliphatic rings. The van der Waals surface area contributed by atoms with Crippen LogP contribution in [0.15, 0.2) is 23.4 Å². The maximum atomic E-state index is 12.5. The van der Waals surface area contributed by atoms with E-state index in [1.807, 2.05) is 29.5 Å². The van der Waals surface area contributed by atoms with Gasteiger partial charge in [0.25, 0.3) is 0 Å². The molecule has 6 rings (SSSR count). The van der Waals surface area contributed by atoms with E-state index in [2.05, 4.69) is 15.5 Å². The third-order valence-electron chi connectivity index (χ3n) is 5.86. The van der Waals surface area contributed by atoms with Crippen LogP contribution in [0.2, 0.25) is 0 Å². The zero-order valence-electron chi connectivity index (χ0n) is 17.5. The van der Waals surface area contributed by atoms with Crippen LogP contribution in [-0.4, -0.2) is 38.0 Å². The van der Waals surface area contributed by atoms with Crippen LogP contribution in [0.25, 0.3) is 15.9 Å². The third-order valence-corrected chi connectivity index (χ3v) is 7.97. The van der Waals surface area contributed by atoms with Gasteiger partial charge in [-0.05, 0) is 55.9 Å². The summed E-state index contributed by atoms with van der Waals surface area (Å²) in [6.45, 7) is 2.64. The number of hydrogen-bond donors (Lipinski definition) is 1. The Balaban J connectivity index is 1.18. The van der Waals surface area contributed by atoms with E-state index < -0.39 is 0 Å². The molecule has 0 spiro atoms. The van der Waals surface area contributed by atoms with Gasteiger partial charge in [0.15, 0.2) is 22.3 Å². The highest BCUT2D eigenvalue weighted by Crippen LogP contribution is 2.38. The zero-order chi connectivity index (χ0) is 21.7. The Bertz CT molecular complexity index is 1360. The second-order valence-corrected chi connectivity index (χ2v) is 9.97. The summed E-state index contributed by atoms with van der Waals surface area (Å²) in [5, 5.41) is 13.7. The number of ether oxygens (including phenoxy) is 2. The maximum absolute atomic E-state index is 12.5. The highest BCUT2D eigenvalue weighted by atomic mass is 32.2. The average Bonchev–Trinajstić information content (AvgIpc) is 3.52. The summed E-state index contributed by atoms with van der Waals surface area (Å²) < 4.78 is 12.7. The summed E-state index contributed by atoms with van der Waals surface area (Å²) in [5.41, 5.74) is 3.21. The van der Waals surface area contributed by atoms with Gasteiger partial charge in [0.05, 0.1) is 11.1 Å². The van der Waals surface area contributed by atoms with E-state index in [1.165, 1.54) is 35.0 Å². The van der Waals surface area contributed by atoms with Gasteiger partial charge >= 0.3 is 0 Å². The van der Waals surface area contributed by atoms with Crippen LogP contribution in [0.1, 0.15) is 34.7 Å². The Morgan fingerprint density at radius 3 is 3.03 bits per heavy atom. The van der Waals surface area contributed by atoms with E-state index in [0.717, 1.165) is 45.8 Å². The van der Waals surface area contributed by atoms with E-state index in [0.29, 0.717) is 17.5 Å². The Morgan fingerprint density at radius 1 is 1.22 bits per heavy atom. The predicted octanol–water partition coefficient (Wildman–Crippen LogP) is 3.66. The van der Waals surface area contributed by atoms with Gasteiger partial charge in [0.1, 0.15) is 10.7 Å². The number of carbonyl (C=O) groups is 1. The Hall–Kier alpha value is -2.85. The highest BCUT2D eigenvalue weighted by Gasteiger charge is 2.23. The van der Waals surface area contributed by atoms with Gasteiger partial charge < -0.3 is 14.8 Å². The fraction of sp³-hybridized carbons (Fsp3) is 0.364. The first-order chi connectivity index (χ1) is 15.7. The average molecular weight is 468 g/mol. The number of rotatable bonds is 5. The van der Waals surface area contributed by atoms with Gasteiger partial charge in [-0.1, -0.05) is 17.8 Å². The van der Waals surface area contributed by atoms with Crippen molar-refractivity contribution in [3.05, 3.63) is 40.0 Å². The lowest BCUT2D eigenvalue weighted by molar-refractivity contribution is -0.118. The predicted molar refractivity (Wildman–Crippen MR) is 123 cm³/mol. The fourth-order valence-corrected chi connectivity index (χ4v) is 6.42. The van der Waals surface area contributed by atoms with Gasteiger partial charge in [0.2, 0.25) is 12.7 Å². The molecule has 1 N–H and O–H groups in total. The molecule has 0 saturated heterocycles. The SMILES string of the molecule is Cc1nc2sc3c(c2c2nnc(SCC(=O)NCc4ccc5c(c4)OCO5)n12)CCCC3. The molecule has 1 aliphatic carbocycles. The van der Waals surface area contributed by atoms with Crippen molar-refractivity contribution in [1.29, 1.82) is 0 Å². The van der Waals surface area contributed by atoms with Crippen LogP contribution < -0.4 is 14.8 Å². The molecule has 4 heterocycles. The van der Waals surface area contributed by atoms with Crippen LogP contribution in [-0.2, 0) is 24.2 Å². The Morgan fingerprint density at radius 2 is 2.09 bits per heavy atom. The van der Waals surface area contributed by atoms with Crippen molar-refractivity contribution < 1.29 is 14.3 Å². The molecule has 1 aromatic carbocycles.